The van der Waals surface area contributed by atoms with Crippen molar-refractivity contribution in [2.24, 2.45) is 0 Å². The molecular formula is C20H30O7. The molecule has 1 aromatic carbocycles. The molecule has 0 N–H and O–H groups in total. The van der Waals surface area contributed by atoms with E-state index in [0.717, 1.165) is 12.0 Å². The summed E-state index contributed by atoms with van der Waals surface area (Å²) in [6.45, 7) is 7.60. The number of carbonyl (C=O) groups is 1. The predicted molar refractivity (Wildman–Crippen MR) is 99.3 cm³/mol. The molecule has 0 saturated carbocycles. The summed E-state index contributed by atoms with van der Waals surface area (Å²) in [5, 5.41) is 0. The molecule has 0 bridgehead atoms. The summed E-state index contributed by atoms with van der Waals surface area (Å²) in [6, 6.07) is 5.56. The molecule has 27 heavy (non-hydrogen) atoms. The van der Waals surface area contributed by atoms with Crippen LogP contribution in [0, 0.1) is 0 Å². The van der Waals surface area contributed by atoms with Gasteiger partial charge in [0.15, 0.2) is 11.5 Å². The third kappa shape index (κ3) is 8.15. The molecule has 1 aliphatic heterocycles. The molecule has 0 spiro atoms. The molecule has 152 valence electrons. The lowest BCUT2D eigenvalue weighted by Crippen LogP contribution is -2.13. The third-order valence-corrected chi connectivity index (χ3v) is 3.91. The number of carbonyl (C=O) groups excluding carboxylic acids is 1. The Balaban J connectivity index is 2.03. The van der Waals surface area contributed by atoms with E-state index in [1.165, 1.54) is 0 Å². The van der Waals surface area contributed by atoms with Crippen molar-refractivity contribution in [2.75, 3.05) is 52.9 Å². The largest absolute Gasteiger partial charge is 0.487 e. The molecule has 0 unspecified atom stereocenters. The smallest absolute Gasteiger partial charge is 0.306 e. The van der Waals surface area contributed by atoms with Gasteiger partial charge in [0.05, 0.1) is 39.6 Å². The van der Waals surface area contributed by atoms with Gasteiger partial charge in [-0.1, -0.05) is 13.0 Å². The minimum absolute atomic E-state index is 0.203. The van der Waals surface area contributed by atoms with Crippen LogP contribution in [0.1, 0.15) is 38.4 Å². The zero-order chi connectivity index (χ0) is 19.3. The van der Waals surface area contributed by atoms with Gasteiger partial charge < -0.3 is 28.4 Å². The van der Waals surface area contributed by atoms with Crippen molar-refractivity contribution < 1.29 is 33.2 Å². The lowest BCUT2D eigenvalue weighted by atomic mass is 10.1. The third-order valence-electron chi connectivity index (χ3n) is 3.91. The minimum Gasteiger partial charge on any atom is -0.487 e. The highest BCUT2D eigenvalue weighted by Crippen LogP contribution is 2.32. The van der Waals surface area contributed by atoms with Crippen LogP contribution in [0.4, 0.5) is 0 Å². The highest BCUT2D eigenvalue weighted by Gasteiger charge is 2.15. The monoisotopic (exact) mass is 382 g/mol. The van der Waals surface area contributed by atoms with E-state index in [2.05, 4.69) is 0 Å². The second-order valence-corrected chi connectivity index (χ2v) is 6.12. The number of rotatable bonds is 4. The Kier molecular flexibility index (Phi) is 9.97. The van der Waals surface area contributed by atoms with Gasteiger partial charge in [0.1, 0.15) is 19.3 Å². The maximum Gasteiger partial charge on any atom is 0.306 e. The van der Waals surface area contributed by atoms with E-state index in [-0.39, 0.29) is 12.1 Å². The van der Waals surface area contributed by atoms with Crippen LogP contribution in [0.2, 0.25) is 0 Å². The molecule has 0 aromatic heterocycles. The van der Waals surface area contributed by atoms with Crippen LogP contribution in [-0.4, -0.2) is 58.8 Å². The average Bonchev–Trinajstić information content (AvgIpc) is 2.66. The molecule has 1 atom stereocenters. The first-order chi connectivity index (χ1) is 13.2. The first-order valence-electron chi connectivity index (χ1n) is 9.53. The molecule has 0 radical (unpaired) electrons. The summed E-state index contributed by atoms with van der Waals surface area (Å²) >= 11 is 0. The van der Waals surface area contributed by atoms with E-state index in [4.69, 9.17) is 28.4 Å². The second kappa shape index (κ2) is 12.5. The zero-order valence-electron chi connectivity index (χ0n) is 16.2. The summed E-state index contributed by atoms with van der Waals surface area (Å²) < 4.78 is 33.4. The standard InChI is InChI=1S/C20H30O7/c1-3-4-20(21)27-16(2)17-5-6-18-19(15-17)26-14-12-24-10-8-22-7-9-23-11-13-25-18/h5-6,15-16H,3-4,7-14H2,1-2H3/t16-/m1/s1. The molecule has 1 heterocycles. The van der Waals surface area contributed by atoms with Crippen LogP contribution >= 0.6 is 0 Å². The van der Waals surface area contributed by atoms with Crippen LogP contribution in [-0.2, 0) is 23.7 Å². The fourth-order valence-corrected chi connectivity index (χ4v) is 2.50. The van der Waals surface area contributed by atoms with E-state index in [1.54, 1.807) is 0 Å². The zero-order valence-corrected chi connectivity index (χ0v) is 16.2. The van der Waals surface area contributed by atoms with Gasteiger partial charge in [-0.05, 0) is 31.0 Å². The Labute approximate surface area is 160 Å². The van der Waals surface area contributed by atoms with E-state index in [9.17, 15) is 4.79 Å². The van der Waals surface area contributed by atoms with Crippen LogP contribution < -0.4 is 9.47 Å². The van der Waals surface area contributed by atoms with Crippen LogP contribution in [0.15, 0.2) is 18.2 Å². The number of hydrogen-bond donors (Lipinski definition) is 0. The van der Waals surface area contributed by atoms with Crippen LogP contribution in [0.5, 0.6) is 11.5 Å². The minimum atomic E-state index is -0.355. The Morgan fingerprint density at radius 2 is 1.48 bits per heavy atom. The summed E-state index contributed by atoms with van der Waals surface area (Å²) in [7, 11) is 0. The quantitative estimate of drug-likeness (QED) is 0.742. The van der Waals surface area contributed by atoms with Crippen molar-refractivity contribution >= 4 is 5.97 Å². The number of esters is 1. The van der Waals surface area contributed by atoms with Gasteiger partial charge in [0, 0.05) is 6.42 Å². The molecule has 0 aliphatic carbocycles. The van der Waals surface area contributed by atoms with Crippen molar-refractivity contribution in [1.82, 2.24) is 0 Å². The number of ether oxygens (including phenoxy) is 6. The molecule has 7 heteroatoms. The molecular weight excluding hydrogens is 352 g/mol. The van der Waals surface area contributed by atoms with Crippen molar-refractivity contribution in [3.05, 3.63) is 23.8 Å². The molecule has 0 amide bonds. The molecule has 7 nitrogen and oxygen atoms in total. The lowest BCUT2D eigenvalue weighted by Gasteiger charge is -2.17. The molecule has 0 saturated heterocycles. The second-order valence-electron chi connectivity index (χ2n) is 6.12. The predicted octanol–water partition coefficient (Wildman–Crippen LogP) is 2.91. The summed E-state index contributed by atoms with van der Waals surface area (Å²) in [4.78, 5) is 11.7. The summed E-state index contributed by atoms with van der Waals surface area (Å²) in [6.07, 6.45) is 0.821. The fraction of sp³-hybridized carbons (Fsp3) is 0.650. The number of fused-ring (bicyclic) bond motifs is 1. The van der Waals surface area contributed by atoms with E-state index < -0.39 is 0 Å². The Morgan fingerprint density at radius 3 is 2.07 bits per heavy atom. The first kappa shape index (κ1) is 21.5. The molecule has 1 aromatic rings. The van der Waals surface area contributed by atoms with Gasteiger partial charge in [-0.3, -0.25) is 4.79 Å². The van der Waals surface area contributed by atoms with Gasteiger partial charge in [-0.2, -0.15) is 0 Å². The SMILES string of the molecule is CCCC(=O)O[C@H](C)c1ccc2c(c1)OCCOCCOCCOCCO2. The summed E-state index contributed by atoms with van der Waals surface area (Å²) in [5.74, 6) is 1.02. The maximum absolute atomic E-state index is 11.7. The van der Waals surface area contributed by atoms with Crippen molar-refractivity contribution in [3.63, 3.8) is 0 Å². The highest BCUT2D eigenvalue weighted by atomic mass is 16.6. The highest BCUT2D eigenvalue weighted by molar-refractivity contribution is 5.69. The number of hydrogen-bond acceptors (Lipinski definition) is 7. The van der Waals surface area contributed by atoms with Gasteiger partial charge in [0.25, 0.3) is 0 Å². The average molecular weight is 382 g/mol. The molecule has 1 aliphatic rings. The number of benzene rings is 1. The maximum atomic E-state index is 11.7. The topological polar surface area (TPSA) is 72.5 Å². The van der Waals surface area contributed by atoms with Gasteiger partial charge in [-0.25, -0.2) is 0 Å². The summed E-state index contributed by atoms with van der Waals surface area (Å²) in [5.41, 5.74) is 0.852. The molecule has 0 fully saturated rings. The van der Waals surface area contributed by atoms with Gasteiger partial charge in [-0.15, -0.1) is 0 Å². The Hall–Kier alpha value is -1.83. The lowest BCUT2D eigenvalue weighted by molar-refractivity contribution is -0.148. The van der Waals surface area contributed by atoms with Crippen molar-refractivity contribution in [3.8, 4) is 11.5 Å². The van der Waals surface area contributed by atoms with Crippen molar-refractivity contribution in [1.29, 1.82) is 0 Å². The Morgan fingerprint density at radius 1 is 0.926 bits per heavy atom. The van der Waals surface area contributed by atoms with Gasteiger partial charge in [0.2, 0.25) is 0 Å². The normalized spacial score (nSPS) is 18.0. The van der Waals surface area contributed by atoms with Crippen molar-refractivity contribution in [2.45, 2.75) is 32.8 Å². The fourth-order valence-electron chi connectivity index (χ4n) is 2.50. The van der Waals surface area contributed by atoms with Gasteiger partial charge >= 0.3 is 5.97 Å². The van der Waals surface area contributed by atoms with E-state index in [1.807, 2.05) is 32.0 Å². The van der Waals surface area contributed by atoms with Crippen LogP contribution in [0.3, 0.4) is 0 Å². The van der Waals surface area contributed by atoms with E-state index >= 15 is 0 Å². The van der Waals surface area contributed by atoms with E-state index in [0.29, 0.717) is 70.8 Å². The van der Waals surface area contributed by atoms with Crippen LogP contribution in [0.25, 0.3) is 0 Å². The molecule has 2 rings (SSSR count). The Bertz CT molecular complexity index is 561. The first-order valence-corrected chi connectivity index (χ1v) is 9.53.